The third kappa shape index (κ3) is 4.80. The van der Waals surface area contributed by atoms with Crippen LogP contribution >= 0.6 is 11.6 Å². The third-order valence-corrected chi connectivity index (χ3v) is 3.82. The van der Waals surface area contributed by atoms with Gasteiger partial charge in [0.2, 0.25) is 0 Å². The minimum atomic E-state index is -0.219. The first-order chi connectivity index (χ1) is 11.5. The molecule has 0 saturated carbocycles. The molecule has 0 spiro atoms. The van der Waals surface area contributed by atoms with Crippen molar-refractivity contribution in [1.29, 1.82) is 0 Å². The summed E-state index contributed by atoms with van der Waals surface area (Å²) in [5.41, 5.74) is 1.41. The van der Waals surface area contributed by atoms with Crippen LogP contribution in [0.1, 0.15) is 15.9 Å². The Morgan fingerprint density at radius 1 is 1.04 bits per heavy atom. The molecule has 0 heterocycles. The number of halogens is 1. The molecular formula is C18H20ClNO4. The van der Waals surface area contributed by atoms with Gasteiger partial charge in [-0.1, -0.05) is 11.6 Å². The number of rotatable bonds is 7. The van der Waals surface area contributed by atoms with Gasteiger partial charge >= 0.3 is 0 Å². The molecule has 0 unspecified atom stereocenters. The van der Waals surface area contributed by atoms with E-state index in [1.807, 2.05) is 13.0 Å². The normalized spacial score (nSPS) is 10.2. The Hall–Kier alpha value is -2.40. The van der Waals surface area contributed by atoms with Crippen LogP contribution in [0.25, 0.3) is 0 Å². The second-order valence-corrected chi connectivity index (χ2v) is 5.52. The monoisotopic (exact) mass is 349 g/mol. The van der Waals surface area contributed by atoms with Gasteiger partial charge < -0.3 is 19.5 Å². The van der Waals surface area contributed by atoms with Crippen molar-refractivity contribution in [3.63, 3.8) is 0 Å². The van der Waals surface area contributed by atoms with E-state index in [1.54, 1.807) is 44.6 Å². The van der Waals surface area contributed by atoms with Crippen LogP contribution in [0.2, 0.25) is 5.02 Å². The van der Waals surface area contributed by atoms with E-state index in [1.165, 1.54) is 0 Å². The predicted molar refractivity (Wildman–Crippen MR) is 93.6 cm³/mol. The second-order valence-electron chi connectivity index (χ2n) is 5.12. The number of hydrogen-bond acceptors (Lipinski definition) is 4. The summed E-state index contributed by atoms with van der Waals surface area (Å²) in [7, 11) is 3.08. The molecule has 0 aliphatic carbocycles. The molecule has 5 nitrogen and oxygen atoms in total. The Kier molecular flexibility index (Phi) is 6.32. The van der Waals surface area contributed by atoms with Crippen molar-refractivity contribution >= 4 is 17.5 Å². The highest BCUT2D eigenvalue weighted by Gasteiger charge is 2.09. The number of nitrogens with one attached hydrogen (secondary N) is 1. The highest BCUT2D eigenvalue weighted by molar-refractivity contribution is 6.31. The molecule has 1 amide bonds. The number of carbonyl (C=O) groups excluding carboxylic acids is 1. The summed E-state index contributed by atoms with van der Waals surface area (Å²) in [6.07, 6.45) is 0. The molecule has 0 aromatic heterocycles. The zero-order chi connectivity index (χ0) is 17.5. The van der Waals surface area contributed by atoms with Gasteiger partial charge in [-0.05, 0) is 42.8 Å². The van der Waals surface area contributed by atoms with E-state index >= 15 is 0 Å². The first-order valence-corrected chi connectivity index (χ1v) is 7.81. The Bertz CT molecular complexity index is 696. The van der Waals surface area contributed by atoms with E-state index < -0.39 is 0 Å². The summed E-state index contributed by atoms with van der Waals surface area (Å²) in [6, 6.07) is 10.5. The molecule has 0 aliphatic heterocycles. The van der Waals surface area contributed by atoms with Gasteiger partial charge in [-0.3, -0.25) is 4.79 Å². The summed E-state index contributed by atoms with van der Waals surface area (Å²) in [6.45, 7) is 2.64. The van der Waals surface area contributed by atoms with Gasteiger partial charge in [-0.2, -0.15) is 0 Å². The molecule has 6 heteroatoms. The highest BCUT2D eigenvalue weighted by Crippen LogP contribution is 2.22. The summed E-state index contributed by atoms with van der Waals surface area (Å²) < 4.78 is 15.9. The van der Waals surface area contributed by atoms with Crippen molar-refractivity contribution in [2.24, 2.45) is 0 Å². The van der Waals surface area contributed by atoms with E-state index in [0.29, 0.717) is 41.0 Å². The van der Waals surface area contributed by atoms with Crippen LogP contribution in [0.15, 0.2) is 36.4 Å². The van der Waals surface area contributed by atoms with Crippen LogP contribution in [0, 0.1) is 6.92 Å². The van der Waals surface area contributed by atoms with Gasteiger partial charge in [0, 0.05) is 16.7 Å². The van der Waals surface area contributed by atoms with Crippen molar-refractivity contribution in [3.8, 4) is 17.2 Å². The lowest BCUT2D eigenvalue weighted by molar-refractivity contribution is 0.0946. The topological polar surface area (TPSA) is 56.8 Å². The Morgan fingerprint density at radius 2 is 1.71 bits per heavy atom. The van der Waals surface area contributed by atoms with Crippen LogP contribution in [0.5, 0.6) is 17.2 Å². The van der Waals surface area contributed by atoms with Crippen molar-refractivity contribution in [2.45, 2.75) is 6.92 Å². The third-order valence-electron chi connectivity index (χ3n) is 3.40. The number of ether oxygens (including phenoxy) is 3. The highest BCUT2D eigenvalue weighted by atomic mass is 35.5. The quantitative estimate of drug-likeness (QED) is 0.777. The number of aryl methyl sites for hydroxylation is 1. The van der Waals surface area contributed by atoms with Gasteiger partial charge in [-0.25, -0.2) is 0 Å². The Balaban J connectivity index is 1.88. The smallest absolute Gasteiger partial charge is 0.251 e. The van der Waals surface area contributed by atoms with Gasteiger partial charge in [0.05, 0.1) is 20.8 Å². The van der Waals surface area contributed by atoms with E-state index in [0.717, 1.165) is 5.56 Å². The van der Waals surface area contributed by atoms with Crippen molar-refractivity contribution in [3.05, 3.63) is 52.5 Å². The molecular weight excluding hydrogens is 330 g/mol. The van der Waals surface area contributed by atoms with Crippen molar-refractivity contribution < 1.29 is 19.0 Å². The largest absolute Gasteiger partial charge is 0.497 e. The fourth-order valence-corrected chi connectivity index (χ4v) is 2.20. The van der Waals surface area contributed by atoms with Gasteiger partial charge in [0.15, 0.2) is 0 Å². The molecule has 2 aromatic rings. The molecule has 1 N–H and O–H groups in total. The van der Waals surface area contributed by atoms with E-state index in [4.69, 9.17) is 25.8 Å². The van der Waals surface area contributed by atoms with Gasteiger partial charge in [0.25, 0.3) is 5.91 Å². The lowest BCUT2D eigenvalue weighted by Gasteiger charge is -2.10. The maximum absolute atomic E-state index is 12.2. The minimum absolute atomic E-state index is 0.219. The number of methoxy groups -OCH3 is 2. The van der Waals surface area contributed by atoms with Crippen LogP contribution in [0.3, 0.4) is 0 Å². The number of amides is 1. The standard InChI is InChI=1S/C18H20ClNO4/c1-12-8-14(4-5-17(12)19)24-7-6-20-18(21)13-9-15(22-2)11-16(10-13)23-3/h4-5,8-11H,6-7H2,1-3H3,(H,20,21). The lowest BCUT2D eigenvalue weighted by Crippen LogP contribution is -2.28. The average molecular weight is 350 g/mol. The maximum Gasteiger partial charge on any atom is 0.251 e. The van der Waals surface area contributed by atoms with Gasteiger partial charge in [-0.15, -0.1) is 0 Å². The zero-order valence-electron chi connectivity index (χ0n) is 13.9. The second kappa shape index (κ2) is 8.45. The van der Waals surface area contributed by atoms with Crippen LogP contribution in [0.4, 0.5) is 0 Å². The van der Waals surface area contributed by atoms with E-state index in [2.05, 4.69) is 5.32 Å². The fourth-order valence-electron chi connectivity index (χ4n) is 2.08. The summed E-state index contributed by atoms with van der Waals surface area (Å²) in [4.78, 5) is 12.2. The molecule has 2 rings (SSSR count). The number of carbonyl (C=O) groups is 1. The molecule has 0 aliphatic rings. The van der Waals surface area contributed by atoms with E-state index in [-0.39, 0.29) is 5.91 Å². The minimum Gasteiger partial charge on any atom is -0.497 e. The van der Waals surface area contributed by atoms with Crippen molar-refractivity contribution in [2.75, 3.05) is 27.4 Å². The first-order valence-electron chi connectivity index (χ1n) is 7.43. The average Bonchev–Trinajstić information content (AvgIpc) is 2.60. The molecule has 0 radical (unpaired) electrons. The van der Waals surface area contributed by atoms with Crippen molar-refractivity contribution in [1.82, 2.24) is 5.32 Å². The summed E-state index contributed by atoms with van der Waals surface area (Å²) in [5, 5.41) is 3.49. The lowest BCUT2D eigenvalue weighted by atomic mass is 10.2. The van der Waals surface area contributed by atoms with Crippen LogP contribution in [-0.2, 0) is 0 Å². The molecule has 0 fully saturated rings. The predicted octanol–water partition coefficient (Wildman–Crippen LogP) is 3.47. The SMILES string of the molecule is COc1cc(OC)cc(C(=O)NCCOc2ccc(Cl)c(C)c2)c1. The molecule has 128 valence electrons. The summed E-state index contributed by atoms with van der Waals surface area (Å²) in [5.74, 6) is 1.62. The summed E-state index contributed by atoms with van der Waals surface area (Å²) >= 11 is 5.97. The molecule has 24 heavy (non-hydrogen) atoms. The molecule has 0 atom stereocenters. The Labute approximate surface area is 146 Å². The number of hydrogen-bond donors (Lipinski definition) is 1. The molecule has 0 saturated heterocycles. The zero-order valence-corrected chi connectivity index (χ0v) is 14.6. The van der Waals surface area contributed by atoms with E-state index in [9.17, 15) is 4.79 Å². The Morgan fingerprint density at radius 3 is 2.29 bits per heavy atom. The fraction of sp³-hybridized carbons (Fsp3) is 0.278. The number of benzene rings is 2. The molecule has 0 bridgehead atoms. The van der Waals surface area contributed by atoms with Crippen LogP contribution in [-0.4, -0.2) is 33.3 Å². The molecule has 2 aromatic carbocycles. The van der Waals surface area contributed by atoms with Crippen LogP contribution < -0.4 is 19.5 Å². The van der Waals surface area contributed by atoms with Gasteiger partial charge in [0.1, 0.15) is 23.9 Å². The first kappa shape index (κ1) is 17.9. The maximum atomic E-state index is 12.2.